The van der Waals surface area contributed by atoms with Gasteiger partial charge in [-0.15, -0.1) is 0 Å². The molecule has 0 aromatic heterocycles. The van der Waals surface area contributed by atoms with Crippen LogP contribution in [0.15, 0.2) is 18.2 Å². The van der Waals surface area contributed by atoms with Gasteiger partial charge in [-0.3, -0.25) is 4.79 Å². The van der Waals surface area contributed by atoms with Gasteiger partial charge in [-0.1, -0.05) is 17.7 Å². The van der Waals surface area contributed by atoms with E-state index < -0.39 is 0 Å². The smallest absolute Gasteiger partial charge is 0.254 e. The van der Waals surface area contributed by atoms with Crippen LogP contribution in [0.5, 0.6) is 0 Å². The number of thioether (sulfide) groups is 1. The molecular formula is C12H17ClN2O2S. The van der Waals surface area contributed by atoms with E-state index in [-0.39, 0.29) is 12.5 Å². The second-order valence-corrected chi connectivity index (χ2v) is 5.28. The molecule has 0 aliphatic heterocycles. The van der Waals surface area contributed by atoms with E-state index in [0.29, 0.717) is 22.8 Å². The Hall–Kier alpha value is -0.910. The van der Waals surface area contributed by atoms with Crippen LogP contribution in [-0.2, 0) is 0 Å². The van der Waals surface area contributed by atoms with Crippen molar-refractivity contribution in [3.63, 3.8) is 0 Å². The van der Waals surface area contributed by atoms with Gasteiger partial charge < -0.3 is 16.2 Å². The summed E-state index contributed by atoms with van der Waals surface area (Å²) in [5, 5.41) is 11.7. The minimum atomic E-state index is -0.249. The Morgan fingerprint density at radius 2 is 2.22 bits per heavy atom. The molecule has 1 amide bonds. The highest BCUT2D eigenvalue weighted by Gasteiger charge is 2.12. The zero-order valence-corrected chi connectivity index (χ0v) is 11.6. The Labute approximate surface area is 116 Å². The lowest BCUT2D eigenvalue weighted by Gasteiger charge is -2.08. The summed E-state index contributed by atoms with van der Waals surface area (Å²) in [5.74, 6) is 1.44. The lowest BCUT2D eigenvalue weighted by molar-refractivity contribution is 0.0957. The Bertz CT molecular complexity index is 381. The molecule has 0 radical (unpaired) electrons. The van der Waals surface area contributed by atoms with E-state index >= 15 is 0 Å². The second-order valence-electron chi connectivity index (χ2n) is 3.65. The highest BCUT2D eigenvalue weighted by Crippen LogP contribution is 2.21. The monoisotopic (exact) mass is 288 g/mol. The van der Waals surface area contributed by atoms with Crippen molar-refractivity contribution in [1.29, 1.82) is 0 Å². The van der Waals surface area contributed by atoms with Crippen LogP contribution in [0.2, 0.25) is 5.02 Å². The van der Waals surface area contributed by atoms with Crippen molar-refractivity contribution in [3.05, 3.63) is 28.8 Å². The van der Waals surface area contributed by atoms with Gasteiger partial charge in [0.15, 0.2) is 0 Å². The number of aliphatic hydroxyl groups is 1. The molecule has 1 aromatic rings. The molecule has 0 heterocycles. The number of halogens is 1. The molecule has 1 rings (SSSR count). The van der Waals surface area contributed by atoms with E-state index in [1.807, 2.05) is 0 Å². The first kappa shape index (κ1) is 15.1. The average Bonchev–Trinajstić information content (AvgIpc) is 2.33. The van der Waals surface area contributed by atoms with Gasteiger partial charge in [0, 0.05) is 24.6 Å². The first-order chi connectivity index (χ1) is 8.66. The van der Waals surface area contributed by atoms with Crippen molar-refractivity contribution in [2.75, 3.05) is 30.4 Å². The molecule has 1 aromatic carbocycles. The Morgan fingerprint density at radius 3 is 2.89 bits per heavy atom. The number of nitrogen functional groups attached to an aromatic ring is 1. The van der Waals surface area contributed by atoms with Gasteiger partial charge in [0.05, 0.1) is 10.6 Å². The first-order valence-corrected chi connectivity index (χ1v) is 7.21. The lowest BCUT2D eigenvalue weighted by atomic mass is 10.1. The molecule has 0 spiro atoms. The zero-order valence-electron chi connectivity index (χ0n) is 9.99. The van der Waals surface area contributed by atoms with Gasteiger partial charge in [0.25, 0.3) is 5.91 Å². The standard InChI is InChI=1S/C12H17ClN2O2S/c13-9-3-1-4-10(14)11(9)12(17)15-5-8-18-7-2-6-16/h1,3-4,16H,2,5-8,14H2,(H,15,17). The fraction of sp³-hybridized carbons (Fsp3) is 0.417. The van der Waals surface area contributed by atoms with Crippen molar-refractivity contribution < 1.29 is 9.90 Å². The molecular weight excluding hydrogens is 272 g/mol. The number of carbonyl (C=O) groups is 1. The number of hydrogen-bond donors (Lipinski definition) is 3. The summed E-state index contributed by atoms with van der Waals surface area (Å²) >= 11 is 7.62. The number of hydrogen-bond acceptors (Lipinski definition) is 4. The molecule has 18 heavy (non-hydrogen) atoms. The highest BCUT2D eigenvalue weighted by molar-refractivity contribution is 7.99. The molecule has 0 saturated carbocycles. The summed E-state index contributed by atoms with van der Waals surface area (Å²) in [6, 6.07) is 5.00. The van der Waals surface area contributed by atoms with Crippen LogP contribution in [-0.4, -0.2) is 35.7 Å². The third-order valence-corrected chi connectivity index (χ3v) is 3.64. The van der Waals surface area contributed by atoms with Crippen LogP contribution in [0.3, 0.4) is 0 Å². The molecule has 0 fully saturated rings. The lowest BCUT2D eigenvalue weighted by Crippen LogP contribution is -2.27. The minimum Gasteiger partial charge on any atom is -0.398 e. The Kier molecular flexibility index (Phi) is 6.93. The van der Waals surface area contributed by atoms with Crippen LogP contribution >= 0.6 is 23.4 Å². The summed E-state index contributed by atoms with van der Waals surface area (Å²) < 4.78 is 0. The number of nitrogens with one attached hydrogen (secondary N) is 1. The molecule has 100 valence electrons. The van der Waals surface area contributed by atoms with Crippen molar-refractivity contribution in [2.24, 2.45) is 0 Å². The van der Waals surface area contributed by atoms with Gasteiger partial charge in [0.1, 0.15) is 0 Å². The predicted molar refractivity (Wildman–Crippen MR) is 77.2 cm³/mol. The molecule has 0 aliphatic rings. The van der Waals surface area contributed by atoms with Gasteiger partial charge in [-0.25, -0.2) is 0 Å². The van der Waals surface area contributed by atoms with Gasteiger partial charge in [-0.05, 0) is 24.3 Å². The number of carbonyl (C=O) groups excluding carboxylic acids is 1. The fourth-order valence-electron chi connectivity index (χ4n) is 1.37. The van der Waals surface area contributed by atoms with E-state index in [0.717, 1.165) is 17.9 Å². The molecule has 0 unspecified atom stereocenters. The van der Waals surface area contributed by atoms with Crippen molar-refractivity contribution in [1.82, 2.24) is 5.32 Å². The third kappa shape index (κ3) is 4.76. The molecule has 4 N–H and O–H groups in total. The van der Waals surface area contributed by atoms with E-state index in [1.54, 1.807) is 30.0 Å². The summed E-state index contributed by atoms with van der Waals surface area (Å²) in [5.41, 5.74) is 6.43. The number of benzene rings is 1. The Balaban J connectivity index is 2.37. The van der Waals surface area contributed by atoms with E-state index in [9.17, 15) is 4.79 Å². The van der Waals surface area contributed by atoms with E-state index in [1.165, 1.54) is 0 Å². The van der Waals surface area contributed by atoms with Crippen LogP contribution in [0, 0.1) is 0 Å². The summed E-state index contributed by atoms with van der Waals surface area (Å²) in [7, 11) is 0. The maximum atomic E-state index is 11.9. The quantitative estimate of drug-likeness (QED) is 0.528. The van der Waals surface area contributed by atoms with E-state index in [4.69, 9.17) is 22.4 Å². The number of anilines is 1. The van der Waals surface area contributed by atoms with Crippen LogP contribution in [0.1, 0.15) is 16.8 Å². The summed E-state index contributed by atoms with van der Waals surface area (Å²) in [4.78, 5) is 11.9. The maximum absolute atomic E-state index is 11.9. The zero-order chi connectivity index (χ0) is 13.4. The van der Waals surface area contributed by atoms with Crippen LogP contribution in [0.4, 0.5) is 5.69 Å². The highest BCUT2D eigenvalue weighted by atomic mass is 35.5. The summed E-state index contributed by atoms with van der Waals surface area (Å²) in [6.45, 7) is 0.759. The number of aliphatic hydroxyl groups excluding tert-OH is 1. The number of nitrogens with two attached hydrogens (primary N) is 1. The van der Waals surface area contributed by atoms with Crippen LogP contribution < -0.4 is 11.1 Å². The normalized spacial score (nSPS) is 10.3. The van der Waals surface area contributed by atoms with Crippen LogP contribution in [0.25, 0.3) is 0 Å². The van der Waals surface area contributed by atoms with Crippen molar-refractivity contribution >= 4 is 35.0 Å². The van der Waals surface area contributed by atoms with E-state index in [2.05, 4.69) is 5.32 Å². The molecule has 0 saturated heterocycles. The van der Waals surface area contributed by atoms with Crippen molar-refractivity contribution in [3.8, 4) is 0 Å². The first-order valence-electron chi connectivity index (χ1n) is 5.67. The maximum Gasteiger partial charge on any atom is 0.254 e. The fourth-order valence-corrected chi connectivity index (χ4v) is 2.43. The Morgan fingerprint density at radius 1 is 1.44 bits per heavy atom. The molecule has 0 atom stereocenters. The predicted octanol–water partition coefficient (Wildman–Crippen LogP) is 1.77. The van der Waals surface area contributed by atoms with Gasteiger partial charge in [0.2, 0.25) is 0 Å². The third-order valence-electron chi connectivity index (χ3n) is 2.25. The average molecular weight is 289 g/mol. The molecule has 4 nitrogen and oxygen atoms in total. The second kappa shape index (κ2) is 8.24. The molecule has 6 heteroatoms. The number of rotatable bonds is 7. The molecule has 0 bridgehead atoms. The number of amides is 1. The largest absolute Gasteiger partial charge is 0.398 e. The topological polar surface area (TPSA) is 75.4 Å². The molecule has 0 aliphatic carbocycles. The minimum absolute atomic E-state index is 0.204. The summed E-state index contributed by atoms with van der Waals surface area (Å²) in [6.07, 6.45) is 0.774. The van der Waals surface area contributed by atoms with Gasteiger partial charge >= 0.3 is 0 Å². The van der Waals surface area contributed by atoms with Crippen molar-refractivity contribution in [2.45, 2.75) is 6.42 Å². The van der Waals surface area contributed by atoms with Gasteiger partial charge in [-0.2, -0.15) is 11.8 Å². The SMILES string of the molecule is Nc1cccc(Cl)c1C(=O)NCCSCCCO.